The maximum absolute atomic E-state index is 13.6. The van der Waals surface area contributed by atoms with Gasteiger partial charge in [0.1, 0.15) is 5.82 Å². The Morgan fingerprint density at radius 2 is 2.12 bits per heavy atom. The zero-order valence-electron chi connectivity index (χ0n) is 9.63. The highest BCUT2D eigenvalue weighted by atomic mass is 35.5. The van der Waals surface area contributed by atoms with E-state index in [1.54, 1.807) is 18.2 Å². The van der Waals surface area contributed by atoms with Gasteiger partial charge in [-0.05, 0) is 30.4 Å². The minimum absolute atomic E-state index is 0.0768. The smallest absolute Gasteiger partial charge is 0.145 e. The van der Waals surface area contributed by atoms with Crippen LogP contribution in [-0.2, 0) is 6.42 Å². The Morgan fingerprint density at radius 1 is 1.44 bits per heavy atom. The maximum Gasteiger partial charge on any atom is 0.145 e. The summed E-state index contributed by atoms with van der Waals surface area (Å²) in [5, 5.41) is 0.165. The summed E-state index contributed by atoms with van der Waals surface area (Å²) in [6, 6.07) is 5.12. The summed E-state index contributed by atoms with van der Waals surface area (Å²) >= 11 is 5.72. The van der Waals surface area contributed by atoms with Gasteiger partial charge in [0.15, 0.2) is 0 Å². The fourth-order valence-corrected chi connectivity index (χ4v) is 1.95. The van der Waals surface area contributed by atoms with E-state index in [1.165, 1.54) is 0 Å². The Kier molecular flexibility index (Phi) is 5.19. The summed E-state index contributed by atoms with van der Waals surface area (Å²) < 4.78 is 13.6. The lowest BCUT2D eigenvalue weighted by atomic mass is 9.97. The largest absolute Gasteiger partial charge is 0.271 e. The van der Waals surface area contributed by atoms with Gasteiger partial charge >= 0.3 is 0 Å². The summed E-state index contributed by atoms with van der Waals surface area (Å²) in [4.78, 5) is 0. The molecule has 4 heteroatoms. The molecule has 0 aliphatic carbocycles. The first kappa shape index (κ1) is 13.4. The molecule has 1 rings (SSSR count). The third-order valence-corrected chi connectivity index (χ3v) is 2.78. The Morgan fingerprint density at radius 3 is 2.69 bits per heavy atom. The molecule has 0 saturated heterocycles. The highest BCUT2D eigenvalue weighted by Crippen LogP contribution is 2.20. The van der Waals surface area contributed by atoms with E-state index < -0.39 is 0 Å². The fraction of sp³-hybridized carbons (Fsp3) is 0.500. The minimum atomic E-state index is -0.340. The van der Waals surface area contributed by atoms with Crippen molar-refractivity contribution < 1.29 is 4.39 Å². The molecule has 1 atom stereocenters. The average molecular weight is 245 g/mol. The van der Waals surface area contributed by atoms with Crippen molar-refractivity contribution >= 4 is 11.6 Å². The number of hydrogen-bond donors (Lipinski definition) is 2. The Labute approximate surface area is 101 Å². The topological polar surface area (TPSA) is 38.0 Å². The van der Waals surface area contributed by atoms with Gasteiger partial charge in [-0.3, -0.25) is 11.3 Å². The van der Waals surface area contributed by atoms with E-state index in [-0.39, 0.29) is 16.9 Å². The lowest BCUT2D eigenvalue weighted by molar-refractivity contribution is 0.418. The number of hydrazine groups is 1. The first-order valence-corrected chi connectivity index (χ1v) is 5.81. The molecular formula is C12H18ClFN2. The standard InChI is InChI=1S/C12H18ClFN2/c1-8(2)6-10(16-15)7-9-4-3-5-11(13)12(9)14/h3-5,8,10,16H,6-7,15H2,1-2H3. The molecule has 90 valence electrons. The molecule has 0 radical (unpaired) electrons. The van der Waals surface area contributed by atoms with E-state index in [0.717, 1.165) is 6.42 Å². The molecule has 16 heavy (non-hydrogen) atoms. The lowest BCUT2D eigenvalue weighted by Crippen LogP contribution is -2.37. The Balaban J connectivity index is 2.74. The number of rotatable bonds is 5. The second-order valence-corrected chi connectivity index (χ2v) is 4.82. The Bertz CT molecular complexity index is 342. The quantitative estimate of drug-likeness (QED) is 0.618. The molecule has 0 saturated carbocycles. The summed E-state index contributed by atoms with van der Waals surface area (Å²) in [5.74, 6) is 5.63. The van der Waals surface area contributed by atoms with Gasteiger partial charge in [-0.2, -0.15) is 0 Å². The maximum atomic E-state index is 13.6. The van der Waals surface area contributed by atoms with Crippen molar-refractivity contribution in [3.05, 3.63) is 34.6 Å². The van der Waals surface area contributed by atoms with Crippen LogP contribution in [0.4, 0.5) is 4.39 Å². The molecule has 0 fully saturated rings. The van der Waals surface area contributed by atoms with Crippen molar-refractivity contribution in [3.8, 4) is 0 Å². The molecular weight excluding hydrogens is 227 g/mol. The van der Waals surface area contributed by atoms with Crippen LogP contribution in [0, 0.1) is 11.7 Å². The number of nitrogens with one attached hydrogen (secondary N) is 1. The third-order valence-electron chi connectivity index (χ3n) is 2.49. The number of benzene rings is 1. The molecule has 1 aromatic carbocycles. The molecule has 0 aromatic heterocycles. The molecule has 0 aliphatic heterocycles. The van der Waals surface area contributed by atoms with Crippen LogP contribution in [-0.4, -0.2) is 6.04 Å². The van der Waals surface area contributed by atoms with E-state index >= 15 is 0 Å². The lowest BCUT2D eigenvalue weighted by Gasteiger charge is -2.18. The normalized spacial score (nSPS) is 13.1. The first-order chi connectivity index (χ1) is 7.54. The van der Waals surface area contributed by atoms with E-state index in [1.807, 2.05) is 0 Å². The van der Waals surface area contributed by atoms with Crippen molar-refractivity contribution in [3.63, 3.8) is 0 Å². The van der Waals surface area contributed by atoms with Gasteiger partial charge in [0.05, 0.1) is 5.02 Å². The summed E-state index contributed by atoms with van der Waals surface area (Å²) in [7, 11) is 0. The molecule has 3 N–H and O–H groups in total. The molecule has 0 spiro atoms. The average Bonchev–Trinajstić information content (AvgIpc) is 2.23. The van der Waals surface area contributed by atoms with Gasteiger partial charge in [-0.25, -0.2) is 4.39 Å². The molecule has 0 amide bonds. The predicted octanol–water partition coefficient (Wildman–Crippen LogP) is 2.90. The van der Waals surface area contributed by atoms with Crippen molar-refractivity contribution in [2.45, 2.75) is 32.7 Å². The van der Waals surface area contributed by atoms with Gasteiger partial charge in [-0.1, -0.05) is 37.6 Å². The summed E-state index contributed by atoms with van der Waals surface area (Å²) in [5.41, 5.74) is 3.33. The predicted molar refractivity (Wildman–Crippen MR) is 65.7 cm³/mol. The second kappa shape index (κ2) is 6.18. The van der Waals surface area contributed by atoms with Crippen LogP contribution in [0.1, 0.15) is 25.8 Å². The van der Waals surface area contributed by atoms with Crippen molar-refractivity contribution in [2.75, 3.05) is 0 Å². The second-order valence-electron chi connectivity index (χ2n) is 4.41. The van der Waals surface area contributed by atoms with Crippen LogP contribution in [0.15, 0.2) is 18.2 Å². The van der Waals surface area contributed by atoms with Crippen LogP contribution in [0.25, 0.3) is 0 Å². The number of nitrogens with two attached hydrogens (primary N) is 1. The number of hydrogen-bond acceptors (Lipinski definition) is 2. The molecule has 2 nitrogen and oxygen atoms in total. The zero-order chi connectivity index (χ0) is 12.1. The fourth-order valence-electron chi connectivity index (χ4n) is 1.75. The molecule has 1 aromatic rings. The first-order valence-electron chi connectivity index (χ1n) is 5.43. The van der Waals surface area contributed by atoms with Crippen LogP contribution in [0.3, 0.4) is 0 Å². The van der Waals surface area contributed by atoms with Gasteiger partial charge in [0.25, 0.3) is 0 Å². The van der Waals surface area contributed by atoms with Crippen LogP contribution < -0.4 is 11.3 Å². The highest BCUT2D eigenvalue weighted by Gasteiger charge is 2.13. The summed E-state index contributed by atoms with van der Waals surface area (Å²) in [6.45, 7) is 4.22. The van der Waals surface area contributed by atoms with Gasteiger partial charge in [-0.15, -0.1) is 0 Å². The molecule has 0 heterocycles. The van der Waals surface area contributed by atoms with Gasteiger partial charge in [0, 0.05) is 6.04 Å². The van der Waals surface area contributed by atoms with Crippen molar-refractivity contribution in [1.29, 1.82) is 0 Å². The summed E-state index contributed by atoms with van der Waals surface area (Å²) in [6.07, 6.45) is 1.46. The minimum Gasteiger partial charge on any atom is -0.271 e. The van der Waals surface area contributed by atoms with E-state index in [9.17, 15) is 4.39 Å². The monoisotopic (exact) mass is 244 g/mol. The van der Waals surface area contributed by atoms with Crippen LogP contribution in [0.2, 0.25) is 5.02 Å². The zero-order valence-corrected chi connectivity index (χ0v) is 10.4. The van der Waals surface area contributed by atoms with Crippen LogP contribution in [0.5, 0.6) is 0 Å². The third kappa shape index (κ3) is 3.74. The van der Waals surface area contributed by atoms with Crippen LogP contribution >= 0.6 is 11.6 Å². The highest BCUT2D eigenvalue weighted by molar-refractivity contribution is 6.30. The van der Waals surface area contributed by atoms with E-state index in [0.29, 0.717) is 17.9 Å². The van der Waals surface area contributed by atoms with Crippen molar-refractivity contribution in [2.24, 2.45) is 11.8 Å². The van der Waals surface area contributed by atoms with E-state index in [2.05, 4.69) is 19.3 Å². The number of halogens is 2. The van der Waals surface area contributed by atoms with E-state index in [4.69, 9.17) is 17.4 Å². The van der Waals surface area contributed by atoms with Crippen molar-refractivity contribution in [1.82, 2.24) is 5.43 Å². The van der Waals surface area contributed by atoms with Gasteiger partial charge < -0.3 is 0 Å². The van der Waals surface area contributed by atoms with Gasteiger partial charge in [0.2, 0.25) is 0 Å². The molecule has 0 aliphatic rings. The molecule has 1 unspecified atom stereocenters. The SMILES string of the molecule is CC(C)CC(Cc1cccc(Cl)c1F)NN. The molecule has 0 bridgehead atoms. The Hall–Kier alpha value is -0.640.